The van der Waals surface area contributed by atoms with Crippen LogP contribution in [-0.2, 0) is 6.18 Å². The fourth-order valence-corrected chi connectivity index (χ4v) is 2.49. The third-order valence-electron chi connectivity index (χ3n) is 2.95. The molecule has 0 N–H and O–H groups in total. The molecule has 0 atom stereocenters. The van der Waals surface area contributed by atoms with Crippen molar-refractivity contribution in [3.8, 4) is 11.1 Å². The Kier molecular flexibility index (Phi) is 4.30. The number of hydrogen-bond donors (Lipinski definition) is 0. The molecular weight excluding hydrogens is 324 g/mol. The molecule has 0 unspecified atom stereocenters. The molecule has 0 aliphatic carbocycles. The minimum absolute atomic E-state index is 0.242. The van der Waals surface area contributed by atoms with Crippen LogP contribution in [-0.4, -0.2) is 5.78 Å². The highest BCUT2D eigenvalue weighted by Crippen LogP contribution is 2.37. The largest absolute Gasteiger partial charge is 0.417 e. The third kappa shape index (κ3) is 3.39. The maximum Gasteiger partial charge on any atom is 0.417 e. The van der Waals surface area contributed by atoms with Gasteiger partial charge in [-0.15, -0.1) is 0 Å². The summed E-state index contributed by atoms with van der Waals surface area (Å²) in [5.74, 6) is -0.643. The van der Waals surface area contributed by atoms with Crippen molar-refractivity contribution in [3.63, 3.8) is 0 Å². The van der Waals surface area contributed by atoms with Gasteiger partial charge in [-0.05, 0) is 30.7 Å². The number of Topliss-reactive ketones (excluding diaryl/α,β-unsaturated/α-hetero) is 1. The quantitative estimate of drug-likeness (QED) is 0.627. The second-order valence-electron chi connectivity index (χ2n) is 4.44. The first-order valence-electron chi connectivity index (χ1n) is 5.88. The summed E-state index contributed by atoms with van der Waals surface area (Å²) in [5.41, 5.74) is -0.648. The highest BCUT2D eigenvalue weighted by Gasteiger charge is 2.34. The average molecular weight is 333 g/mol. The molecule has 2 aromatic carbocycles. The summed E-state index contributed by atoms with van der Waals surface area (Å²) in [7, 11) is 0. The van der Waals surface area contributed by atoms with E-state index in [0.717, 1.165) is 19.1 Å². The molecule has 0 spiro atoms. The van der Waals surface area contributed by atoms with Gasteiger partial charge in [0.25, 0.3) is 0 Å². The van der Waals surface area contributed by atoms with Gasteiger partial charge < -0.3 is 0 Å². The number of ketones is 1. The summed E-state index contributed by atoms with van der Waals surface area (Å²) in [4.78, 5) is 11.3. The average Bonchev–Trinajstić information content (AvgIpc) is 2.37. The predicted molar refractivity (Wildman–Crippen MR) is 76.9 cm³/mol. The Morgan fingerprint density at radius 3 is 2.24 bits per heavy atom. The van der Waals surface area contributed by atoms with Crippen molar-refractivity contribution in [2.45, 2.75) is 13.1 Å². The van der Waals surface area contributed by atoms with E-state index in [9.17, 15) is 18.0 Å². The summed E-state index contributed by atoms with van der Waals surface area (Å²) in [6, 6.07) is 8.03. The summed E-state index contributed by atoms with van der Waals surface area (Å²) >= 11 is 11.8. The molecule has 0 heterocycles. The topological polar surface area (TPSA) is 17.1 Å². The van der Waals surface area contributed by atoms with Crippen LogP contribution >= 0.6 is 23.2 Å². The molecule has 0 amide bonds. The number of rotatable bonds is 2. The minimum Gasteiger partial charge on any atom is -0.294 e. The second kappa shape index (κ2) is 5.70. The van der Waals surface area contributed by atoms with Crippen molar-refractivity contribution in [1.82, 2.24) is 0 Å². The maximum absolute atomic E-state index is 13.1. The van der Waals surface area contributed by atoms with Crippen molar-refractivity contribution < 1.29 is 18.0 Å². The van der Waals surface area contributed by atoms with E-state index in [-0.39, 0.29) is 16.1 Å². The van der Waals surface area contributed by atoms with Gasteiger partial charge >= 0.3 is 6.18 Å². The van der Waals surface area contributed by atoms with Crippen LogP contribution in [0.4, 0.5) is 13.2 Å². The molecule has 0 bridgehead atoms. The smallest absolute Gasteiger partial charge is 0.294 e. The normalized spacial score (nSPS) is 11.5. The molecule has 2 aromatic rings. The van der Waals surface area contributed by atoms with E-state index in [1.807, 2.05) is 0 Å². The number of hydrogen-bond acceptors (Lipinski definition) is 1. The molecule has 0 fully saturated rings. The third-order valence-corrected chi connectivity index (χ3v) is 3.49. The highest BCUT2D eigenvalue weighted by molar-refractivity contribution is 6.36. The Labute approximate surface area is 129 Å². The van der Waals surface area contributed by atoms with E-state index in [1.54, 1.807) is 0 Å². The Balaban J connectivity index is 2.64. The van der Waals surface area contributed by atoms with Crippen LogP contribution in [0.25, 0.3) is 11.1 Å². The van der Waals surface area contributed by atoms with Crippen LogP contribution in [0, 0.1) is 0 Å². The Hall–Kier alpha value is -1.52. The van der Waals surface area contributed by atoms with Gasteiger partial charge in [0.15, 0.2) is 5.78 Å². The first kappa shape index (κ1) is 15.9. The summed E-state index contributed by atoms with van der Waals surface area (Å²) in [5, 5.41) is 0.631. The molecule has 0 aromatic heterocycles. The first-order chi connectivity index (χ1) is 9.70. The molecule has 0 saturated carbocycles. The van der Waals surface area contributed by atoms with Gasteiger partial charge in [0.2, 0.25) is 0 Å². The van der Waals surface area contributed by atoms with Gasteiger partial charge in [-0.3, -0.25) is 4.79 Å². The highest BCUT2D eigenvalue weighted by atomic mass is 35.5. The van der Waals surface area contributed by atoms with E-state index in [2.05, 4.69) is 0 Å². The van der Waals surface area contributed by atoms with Crippen LogP contribution < -0.4 is 0 Å². The number of carbonyl (C=O) groups excluding carboxylic acids is 1. The van der Waals surface area contributed by atoms with E-state index >= 15 is 0 Å². The fraction of sp³-hybridized carbons (Fsp3) is 0.133. The van der Waals surface area contributed by atoms with Gasteiger partial charge in [-0.1, -0.05) is 41.4 Å². The van der Waals surface area contributed by atoms with Crippen molar-refractivity contribution in [2.24, 2.45) is 0 Å². The van der Waals surface area contributed by atoms with Crippen molar-refractivity contribution in [2.75, 3.05) is 0 Å². The van der Waals surface area contributed by atoms with Gasteiger partial charge in [-0.25, -0.2) is 0 Å². The van der Waals surface area contributed by atoms with Gasteiger partial charge in [0.05, 0.1) is 5.56 Å². The van der Waals surface area contributed by atoms with E-state index in [1.165, 1.54) is 24.3 Å². The van der Waals surface area contributed by atoms with Crippen molar-refractivity contribution in [3.05, 3.63) is 57.6 Å². The van der Waals surface area contributed by atoms with Crippen LogP contribution in [0.15, 0.2) is 36.4 Å². The van der Waals surface area contributed by atoms with E-state index in [4.69, 9.17) is 23.2 Å². The summed E-state index contributed by atoms with van der Waals surface area (Å²) in [6.07, 6.45) is -4.62. The number of carbonyl (C=O) groups is 1. The molecule has 0 aliphatic rings. The number of benzene rings is 2. The lowest BCUT2D eigenvalue weighted by molar-refractivity contribution is -0.137. The molecule has 6 heteroatoms. The van der Waals surface area contributed by atoms with Gasteiger partial charge in [0, 0.05) is 21.2 Å². The lowest BCUT2D eigenvalue weighted by Crippen LogP contribution is -2.11. The fourth-order valence-electron chi connectivity index (χ4n) is 1.98. The molecule has 1 nitrogen and oxygen atoms in total. The second-order valence-corrected chi connectivity index (χ2v) is 5.28. The Bertz CT molecular complexity index is 709. The lowest BCUT2D eigenvalue weighted by atomic mass is 9.97. The summed E-state index contributed by atoms with van der Waals surface area (Å²) in [6.45, 7) is 1.10. The standard InChI is InChI=1S/C15H9Cl2F3O/c1-8(21)11-4-2-9(6-13(11)15(18,19)20)12-5-3-10(16)7-14(12)17/h2-7H,1H3. The SMILES string of the molecule is CC(=O)c1ccc(-c2ccc(Cl)cc2Cl)cc1C(F)(F)F. The first-order valence-corrected chi connectivity index (χ1v) is 6.63. The van der Waals surface area contributed by atoms with E-state index < -0.39 is 17.5 Å². The molecule has 110 valence electrons. The molecule has 21 heavy (non-hydrogen) atoms. The molecule has 2 rings (SSSR count). The Morgan fingerprint density at radius 1 is 1.05 bits per heavy atom. The molecule has 0 saturated heterocycles. The van der Waals surface area contributed by atoms with Crippen LogP contribution in [0.2, 0.25) is 10.0 Å². The van der Waals surface area contributed by atoms with Crippen LogP contribution in [0.1, 0.15) is 22.8 Å². The minimum atomic E-state index is -4.62. The van der Waals surface area contributed by atoms with Crippen LogP contribution in [0.3, 0.4) is 0 Å². The zero-order valence-electron chi connectivity index (χ0n) is 10.8. The zero-order valence-corrected chi connectivity index (χ0v) is 12.3. The van der Waals surface area contributed by atoms with Gasteiger partial charge in [-0.2, -0.15) is 13.2 Å². The van der Waals surface area contributed by atoms with Crippen LogP contribution in [0.5, 0.6) is 0 Å². The monoisotopic (exact) mass is 332 g/mol. The summed E-state index contributed by atoms with van der Waals surface area (Å²) < 4.78 is 39.2. The molecule has 0 radical (unpaired) electrons. The predicted octanol–water partition coefficient (Wildman–Crippen LogP) is 5.88. The molecule has 0 aliphatic heterocycles. The number of alkyl halides is 3. The lowest BCUT2D eigenvalue weighted by Gasteiger charge is -2.13. The van der Waals surface area contributed by atoms with Crippen molar-refractivity contribution >= 4 is 29.0 Å². The van der Waals surface area contributed by atoms with Gasteiger partial charge in [0.1, 0.15) is 0 Å². The van der Waals surface area contributed by atoms with Crippen molar-refractivity contribution in [1.29, 1.82) is 0 Å². The maximum atomic E-state index is 13.1. The van der Waals surface area contributed by atoms with E-state index in [0.29, 0.717) is 10.6 Å². The Morgan fingerprint density at radius 2 is 1.71 bits per heavy atom. The molecular formula is C15H9Cl2F3O. The number of halogens is 5. The zero-order chi connectivity index (χ0) is 15.8.